The van der Waals surface area contributed by atoms with E-state index in [4.69, 9.17) is 0 Å². The van der Waals surface area contributed by atoms with Gasteiger partial charge in [0, 0.05) is 53.9 Å². The Morgan fingerprint density at radius 3 is 2.96 bits per heavy atom. The number of para-hydroxylation sites is 1. The Bertz CT molecular complexity index is 1090. The summed E-state index contributed by atoms with van der Waals surface area (Å²) in [4.78, 5) is 14.5. The molecule has 0 saturated carbocycles. The summed E-state index contributed by atoms with van der Waals surface area (Å²) in [5.74, 6) is 0.906. The number of hydrogen-bond acceptors (Lipinski definition) is 3. The Kier molecular flexibility index (Phi) is 5.27. The van der Waals surface area contributed by atoms with Crippen molar-refractivity contribution in [3.63, 3.8) is 0 Å². The zero-order valence-electron chi connectivity index (χ0n) is 15.5. The lowest BCUT2D eigenvalue weighted by Crippen LogP contribution is -2.22. The Hall–Kier alpha value is -2.18. The monoisotopic (exact) mass is 397 g/mol. The average molecular weight is 398 g/mol. The van der Waals surface area contributed by atoms with E-state index < -0.39 is 0 Å². The van der Waals surface area contributed by atoms with E-state index in [-0.39, 0.29) is 5.91 Å². The Morgan fingerprint density at radius 1 is 1.26 bits per heavy atom. The van der Waals surface area contributed by atoms with Crippen molar-refractivity contribution in [1.29, 1.82) is 0 Å². The van der Waals surface area contributed by atoms with Crippen LogP contribution in [0.1, 0.15) is 18.2 Å². The third-order valence-electron chi connectivity index (χ3n) is 4.87. The minimum absolute atomic E-state index is 0.0298. The highest BCUT2D eigenvalue weighted by atomic mass is 32.2. The van der Waals surface area contributed by atoms with Gasteiger partial charge in [0.05, 0.1) is 9.73 Å². The van der Waals surface area contributed by atoms with Crippen LogP contribution in [0.5, 0.6) is 0 Å². The molecular weight excluding hydrogens is 374 g/mol. The molecule has 1 amide bonds. The predicted molar refractivity (Wildman–Crippen MR) is 116 cm³/mol. The third kappa shape index (κ3) is 3.64. The number of fused-ring (bicyclic) bond motifs is 2. The molecule has 0 unspecified atom stereocenters. The number of nitrogens with zero attached hydrogens (tertiary/aromatic N) is 1. The molecule has 2 N–H and O–H groups in total. The maximum absolute atomic E-state index is 11.1. The summed E-state index contributed by atoms with van der Waals surface area (Å²) < 4.78 is 3.82. The van der Waals surface area contributed by atoms with Gasteiger partial charge in [0.1, 0.15) is 0 Å². The summed E-state index contributed by atoms with van der Waals surface area (Å²) in [6, 6.07) is 10.7. The van der Waals surface area contributed by atoms with Gasteiger partial charge in [0.15, 0.2) is 0 Å². The lowest BCUT2D eigenvalue weighted by atomic mass is 10.1. The van der Waals surface area contributed by atoms with Gasteiger partial charge in [-0.1, -0.05) is 18.2 Å². The topological polar surface area (TPSA) is 49.8 Å². The summed E-state index contributed by atoms with van der Waals surface area (Å²) >= 11 is 3.64. The maximum atomic E-state index is 11.1. The highest BCUT2D eigenvalue weighted by molar-refractivity contribution is 7.99. The molecule has 140 valence electrons. The van der Waals surface area contributed by atoms with Gasteiger partial charge < -0.3 is 14.9 Å². The Morgan fingerprint density at radius 2 is 2.11 bits per heavy atom. The van der Waals surface area contributed by atoms with Gasteiger partial charge in [-0.05, 0) is 36.4 Å². The molecule has 4 rings (SSSR count). The lowest BCUT2D eigenvalue weighted by Gasteiger charge is -2.12. The predicted octanol–water partition coefficient (Wildman–Crippen LogP) is 4.96. The number of carbonyl (C=O) groups excluding carboxylic acids is 1. The van der Waals surface area contributed by atoms with Crippen molar-refractivity contribution in [2.45, 2.75) is 31.8 Å². The molecule has 4 aromatic rings. The quantitative estimate of drug-likeness (QED) is 0.342. The molecule has 4 nitrogen and oxygen atoms in total. The Balaban J connectivity index is 1.56. The summed E-state index contributed by atoms with van der Waals surface area (Å²) in [5, 5.41) is 9.01. The molecule has 0 aliphatic heterocycles. The van der Waals surface area contributed by atoms with Gasteiger partial charge in [-0.25, -0.2) is 0 Å². The number of hydrogen-bond donors (Lipinski definition) is 2. The summed E-state index contributed by atoms with van der Waals surface area (Å²) in [6.07, 6.45) is 3.13. The molecule has 0 aliphatic carbocycles. The fraction of sp³-hybridized carbons (Fsp3) is 0.286. The van der Waals surface area contributed by atoms with Gasteiger partial charge in [-0.15, -0.1) is 23.1 Å². The first-order valence-electron chi connectivity index (χ1n) is 9.13. The second kappa shape index (κ2) is 7.82. The summed E-state index contributed by atoms with van der Waals surface area (Å²) in [6.45, 7) is 5.43. The number of amides is 1. The number of thioether (sulfide) groups is 1. The molecule has 0 spiro atoms. The lowest BCUT2D eigenvalue weighted by molar-refractivity contribution is -0.118. The van der Waals surface area contributed by atoms with E-state index in [2.05, 4.69) is 63.7 Å². The number of thiophene rings is 1. The van der Waals surface area contributed by atoms with Crippen LogP contribution in [0.15, 0.2) is 46.9 Å². The zero-order valence-corrected chi connectivity index (χ0v) is 17.2. The first kappa shape index (κ1) is 18.2. The second-order valence-electron chi connectivity index (χ2n) is 6.65. The molecule has 0 fully saturated rings. The van der Waals surface area contributed by atoms with Crippen LogP contribution in [-0.4, -0.2) is 27.8 Å². The van der Waals surface area contributed by atoms with Crippen molar-refractivity contribution >= 4 is 50.0 Å². The van der Waals surface area contributed by atoms with Crippen molar-refractivity contribution in [1.82, 2.24) is 14.9 Å². The molecule has 3 heterocycles. The van der Waals surface area contributed by atoms with Crippen LogP contribution in [-0.2, 0) is 17.8 Å². The number of carbonyl (C=O) groups is 1. The van der Waals surface area contributed by atoms with E-state index in [0.717, 1.165) is 18.7 Å². The molecule has 0 radical (unpaired) electrons. The number of H-pyrrole nitrogens is 1. The van der Waals surface area contributed by atoms with Crippen LogP contribution >= 0.6 is 23.1 Å². The van der Waals surface area contributed by atoms with E-state index >= 15 is 0 Å². The average Bonchev–Trinajstić information content (AvgIpc) is 3.34. The molecule has 1 aromatic carbocycles. The maximum Gasteiger partial charge on any atom is 0.216 e. The van der Waals surface area contributed by atoms with E-state index in [1.165, 1.54) is 37.3 Å². The van der Waals surface area contributed by atoms with E-state index in [9.17, 15) is 4.79 Å². The zero-order chi connectivity index (χ0) is 18.8. The number of aromatic nitrogens is 2. The molecule has 0 atom stereocenters. The first-order chi connectivity index (χ1) is 13.1. The van der Waals surface area contributed by atoms with Crippen molar-refractivity contribution in [3.05, 3.63) is 53.2 Å². The van der Waals surface area contributed by atoms with Crippen LogP contribution in [0.2, 0.25) is 0 Å². The minimum Gasteiger partial charge on any atom is -0.361 e. The second-order valence-corrected chi connectivity index (χ2v) is 8.65. The number of rotatable bonds is 7. The smallest absolute Gasteiger partial charge is 0.216 e. The number of aromatic amines is 1. The van der Waals surface area contributed by atoms with Gasteiger partial charge in [-0.3, -0.25) is 4.79 Å². The van der Waals surface area contributed by atoms with Gasteiger partial charge in [0.25, 0.3) is 0 Å². The number of aryl methyl sites for hydroxylation is 2. The molecule has 6 heteroatoms. The van der Waals surface area contributed by atoms with Crippen molar-refractivity contribution in [2.75, 3.05) is 12.3 Å². The largest absolute Gasteiger partial charge is 0.361 e. The fourth-order valence-corrected chi connectivity index (χ4v) is 5.63. The normalized spacial score (nSPS) is 11.5. The van der Waals surface area contributed by atoms with Crippen LogP contribution < -0.4 is 5.32 Å². The highest BCUT2D eigenvalue weighted by Crippen LogP contribution is 2.36. The Labute approximate surface area is 167 Å². The van der Waals surface area contributed by atoms with Crippen LogP contribution in [0.4, 0.5) is 0 Å². The van der Waals surface area contributed by atoms with Crippen molar-refractivity contribution < 1.29 is 4.79 Å². The van der Waals surface area contributed by atoms with E-state index in [0.29, 0.717) is 6.54 Å². The van der Waals surface area contributed by atoms with E-state index in [1.807, 2.05) is 23.1 Å². The van der Waals surface area contributed by atoms with Crippen LogP contribution in [0, 0.1) is 6.92 Å². The molecule has 27 heavy (non-hydrogen) atoms. The SMILES string of the molecule is CC(=O)NCCSc1c2ccsc2c(C)n1CCc1c[nH]c2ccccc12. The molecule has 0 bridgehead atoms. The van der Waals surface area contributed by atoms with Crippen molar-refractivity contribution in [3.8, 4) is 0 Å². The third-order valence-corrected chi connectivity index (χ3v) is 7.01. The molecular formula is C21H23N3OS2. The molecule has 0 saturated heterocycles. The standard InChI is InChI=1S/C21H23N3OS2/c1-14-20-18(8-11-26-20)21(27-12-9-22-15(2)25)24(14)10-7-16-13-23-19-6-4-3-5-17(16)19/h3-6,8,11,13,23H,7,9-10,12H2,1-2H3,(H,22,25). The van der Waals surface area contributed by atoms with Crippen LogP contribution in [0.3, 0.4) is 0 Å². The summed E-state index contributed by atoms with van der Waals surface area (Å²) in [7, 11) is 0. The molecule has 0 aliphatic rings. The number of nitrogens with one attached hydrogen (secondary N) is 2. The first-order valence-corrected chi connectivity index (χ1v) is 11.0. The van der Waals surface area contributed by atoms with E-state index in [1.54, 1.807) is 6.92 Å². The minimum atomic E-state index is 0.0298. The van der Waals surface area contributed by atoms with Gasteiger partial charge in [-0.2, -0.15) is 0 Å². The van der Waals surface area contributed by atoms with Gasteiger partial charge in [0.2, 0.25) is 5.91 Å². The van der Waals surface area contributed by atoms with Crippen molar-refractivity contribution in [2.24, 2.45) is 0 Å². The van der Waals surface area contributed by atoms with Gasteiger partial charge >= 0.3 is 0 Å². The molecule has 3 aromatic heterocycles. The van der Waals surface area contributed by atoms with Crippen LogP contribution in [0.25, 0.3) is 21.0 Å². The highest BCUT2D eigenvalue weighted by Gasteiger charge is 2.16. The summed E-state index contributed by atoms with van der Waals surface area (Å²) in [5.41, 5.74) is 3.89. The fourth-order valence-electron chi connectivity index (χ4n) is 3.55. The number of benzene rings is 1.